The Labute approximate surface area is 175 Å². The van der Waals surface area contributed by atoms with Gasteiger partial charge in [-0.25, -0.2) is 4.39 Å². The number of carbonyl (C=O) groups is 3. The molecule has 0 radical (unpaired) electrons. The number of carbonyl (C=O) groups excluding carboxylic acids is 3. The van der Waals surface area contributed by atoms with Gasteiger partial charge in [0.2, 0.25) is 11.8 Å². The van der Waals surface area contributed by atoms with Gasteiger partial charge in [-0.1, -0.05) is 0 Å². The highest BCUT2D eigenvalue weighted by Gasteiger charge is 2.48. The van der Waals surface area contributed by atoms with Crippen LogP contribution in [0.25, 0.3) is 0 Å². The Bertz CT molecular complexity index is 956. The maximum atomic E-state index is 15.1. The first-order valence-corrected chi connectivity index (χ1v) is 10.6. The minimum Gasteiger partial charge on any atom is -0.363 e. The molecule has 0 aromatic heterocycles. The zero-order valence-electron chi connectivity index (χ0n) is 17.6. The van der Waals surface area contributed by atoms with Gasteiger partial charge in [0.1, 0.15) is 11.9 Å². The van der Waals surface area contributed by atoms with Gasteiger partial charge in [0.15, 0.2) is 0 Å². The van der Waals surface area contributed by atoms with Crippen LogP contribution in [0.4, 0.5) is 10.1 Å². The fourth-order valence-electron chi connectivity index (χ4n) is 5.58. The van der Waals surface area contributed by atoms with Gasteiger partial charge in [-0.3, -0.25) is 24.6 Å². The molecule has 4 aliphatic rings. The average Bonchev–Trinajstić information content (AvgIpc) is 3.34. The molecule has 3 atom stereocenters. The molecule has 4 heterocycles. The summed E-state index contributed by atoms with van der Waals surface area (Å²) >= 11 is 0. The van der Waals surface area contributed by atoms with Crippen LogP contribution in [0.2, 0.25) is 0 Å². The SMILES string of the molecule is CC(C)(C)N1C[C@H]2C[C@@H]1CN2c1cc2c(cc1F)C(=O)N(C1CCC(=O)NC1=O)C2. The van der Waals surface area contributed by atoms with Crippen molar-refractivity contribution in [1.82, 2.24) is 15.1 Å². The summed E-state index contributed by atoms with van der Waals surface area (Å²) in [6.07, 6.45) is 1.53. The number of piperazine rings is 1. The number of hydrogen-bond acceptors (Lipinski definition) is 5. The standard InChI is InChI=1S/C22H27FN4O3/c1-22(2,3)27-11-13-7-14(27)10-25(13)18-6-12-9-26(21(30)15(12)8-16(18)23)17-4-5-19(28)24-20(17)29/h6,8,13-14,17H,4-5,7,9-11H2,1-3H3,(H,24,28,29)/t13-,14-,17?/m1/s1. The van der Waals surface area contributed by atoms with Gasteiger partial charge in [-0.05, 0) is 51.3 Å². The molecule has 4 aliphatic heterocycles. The number of hydrogen-bond donors (Lipinski definition) is 1. The van der Waals surface area contributed by atoms with Crippen LogP contribution in [0.5, 0.6) is 0 Å². The summed E-state index contributed by atoms with van der Waals surface area (Å²) in [5.74, 6) is -1.50. The molecule has 7 nitrogen and oxygen atoms in total. The first-order valence-electron chi connectivity index (χ1n) is 10.6. The van der Waals surface area contributed by atoms with Crippen LogP contribution < -0.4 is 10.2 Å². The summed E-state index contributed by atoms with van der Waals surface area (Å²) < 4.78 is 15.1. The summed E-state index contributed by atoms with van der Waals surface area (Å²) in [5, 5.41) is 2.30. The van der Waals surface area contributed by atoms with Crippen molar-refractivity contribution in [2.75, 3.05) is 18.0 Å². The molecule has 5 rings (SSSR count). The number of benzene rings is 1. The molecule has 3 saturated heterocycles. The number of halogens is 1. The quantitative estimate of drug-likeness (QED) is 0.745. The Kier molecular flexibility index (Phi) is 4.23. The highest BCUT2D eigenvalue weighted by atomic mass is 19.1. The molecule has 1 aromatic rings. The second-order valence-electron chi connectivity index (χ2n) is 9.88. The smallest absolute Gasteiger partial charge is 0.255 e. The van der Waals surface area contributed by atoms with E-state index in [4.69, 9.17) is 0 Å². The number of piperidine rings is 1. The number of anilines is 1. The highest BCUT2D eigenvalue weighted by molar-refractivity contribution is 6.05. The summed E-state index contributed by atoms with van der Waals surface area (Å²) in [4.78, 5) is 42.6. The number of likely N-dealkylation sites (tertiary alicyclic amines) is 1. The average molecular weight is 414 g/mol. The molecule has 1 unspecified atom stereocenters. The lowest BCUT2D eigenvalue weighted by molar-refractivity contribution is -0.136. The van der Waals surface area contributed by atoms with Gasteiger partial charge in [-0.15, -0.1) is 0 Å². The van der Waals surface area contributed by atoms with Crippen LogP contribution in [-0.4, -0.2) is 64.3 Å². The fraction of sp³-hybridized carbons (Fsp3) is 0.591. The summed E-state index contributed by atoms with van der Waals surface area (Å²) in [6.45, 7) is 8.59. The first kappa shape index (κ1) is 19.5. The molecular formula is C22H27FN4O3. The van der Waals surface area contributed by atoms with E-state index in [0.29, 0.717) is 23.7 Å². The predicted molar refractivity (Wildman–Crippen MR) is 108 cm³/mol. The molecule has 3 fully saturated rings. The third kappa shape index (κ3) is 2.92. The largest absolute Gasteiger partial charge is 0.363 e. The molecule has 30 heavy (non-hydrogen) atoms. The molecule has 160 valence electrons. The van der Waals surface area contributed by atoms with Crippen molar-refractivity contribution >= 4 is 23.4 Å². The zero-order chi connectivity index (χ0) is 21.4. The Morgan fingerprint density at radius 1 is 1.07 bits per heavy atom. The lowest BCUT2D eigenvalue weighted by Crippen LogP contribution is -2.53. The Morgan fingerprint density at radius 3 is 2.47 bits per heavy atom. The lowest BCUT2D eigenvalue weighted by Gasteiger charge is -2.42. The second kappa shape index (κ2) is 6.51. The van der Waals surface area contributed by atoms with Gasteiger partial charge >= 0.3 is 0 Å². The van der Waals surface area contributed by atoms with Gasteiger partial charge in [-0.2, -0.15) is 0 Å². The Balaban J connectivity index is 1.38. The minimum absolute atomic E-state index is 0.0941. The minimum atomic E-state index is -0.683. The van der Waals surface area contributed by atoms with Crippen LogP contribution in [0, 0.1) is 5.82 Å². The molecule has 0 saturated carbocycles. The molecular weight excluding hydrogens is 387 g/mol. The zero-order valence-corrected chi connectivity index (χ0v) is 17.6. The van der Waals surface area contributed by atoms with Crippen LogP contribution in [-0.2, 0) is 16.1 Å². The van der Waals surface area contributed by atoms with Crippen LogP contribution in [0.3, 0.4) is 0 Å². The van der Waals surface area contributed by atoms with Crippen LogP contribution in [0.15, 0.2) is 12.1 Å². The van der Waals surface area contributed by atoms with Gasteiger partial charge in [0.05, 0.1) is 5.69 Å². The fourth-order valence-corrected chi connectivity index (χ4v) is 5.58. The van der Waals surface area contributed by atoms with Crippen molar-refractivity contribution in [2.45, 2.75) is 70.2 Å². The summed E-state index contributed by atoms with van der Waals surface area (Å²) in [7, 11) is 0. The van der Waals surface area contributed by atoms with Crippen LogP contribution in [0.1, 0.15) is 56.0 Å². The second-order valence-corrected chi connectivity index (χ2v) is 9.88. The third-order valence-corrected chi connectivity index (χ3v) is 7.00. The number of rotatable bonds is 2. The Hall–Kier alpha value is -2.48. The molecule has 0 spiro atoms. The van der Waals surface area contributed by atoms with Crippen molar-refractivity contribution in [2.24, 2.45) is 0 Å². The first-order chi connectivity index (χ1) is 14.1. The van der Waals surface area contributed by atoms with E-state index in [0.717, 1.165) is 25.1 Å². The predicted octanol–water partition coefficient (Wildman–Crippen LogP) is 1.65. The van der Waals surface area contributed by atoms with Crippen molar-refractivity contribution in [3.63, 3.8) is 0 Å². The number of nitrogens with zero attached hydrogens (tertiary/aromatic N) is 3. The maximum absolute atomic E-state index is 15.1. The van der Waals surface area contributed by atoms with Gasteiger partial charge in [0, 0.05) is 49.2 Å². The van der Waals surface area contributed by atoms with Gasteiger partial charge < -0.3 is 9.80 Å². The van der Waals surface area contributed by atoms with Crippen molar-refractivity contribution < 1.29 is 18.8 Å². The molecule has 8 heteroatoms. The van der Waals surface area contributed by atoms with E-state index in [9.17, 15) is 14.4 Å². The normalized spacial score (nSPS) is 29.1. The number of fused-ring (bicyclic) bond motifs is 3. The Morgan fingerprint density at radius 2 is 1.83 bits per heavy atom. The van der Waals surface area contributed by atoms with E-state index in [-0.39, 0.29) is 42.2 Å². The molecule has 1 aromatic carbocycles. The topological polar surface area (TPSA) is 73.0 Å². The van der Waals surface area contributed by atoms with E-state index in [1.165, 1.54) is 11.0 Å². The van der Waals surface area contributed by atoms with Crippen molar-refractivity contribution in [3.8, 4) is 0 Å². The number of nitrogens with one attached hydrogen (secondary N) is 1. The number of amides is 3. The van der Waals surface area contributed by atoms with Crippen molar-refractivity contribution in [3.05, 3.63) is 29.1 Å². The molecule has 0 aliphatic carbocycles. The lowest BCUT2D eigenvalue weighted by atomic mass is 10.0. The van der Waals surface area contributed by atoms with Crippen molar-refractivity contribution in [1.29, 1.82) is 0 Å². The van der Waals surface area contributed by atoms with E-state index in [2.05, 4.69) is 35.9 Å². The number of imide groups is 1. The van der Waals surface area contributed by atoms with E-state index >= 15 is 4.39 Å². The third-order valence-electron chi connectivity index (χ3n) is 7.00. The van der Waals surface area contributed by atoms with E-state index < -0.39 is 11.9 Å². The highest BCUT2D eigenvalue weighted by Crippen LogP contribution is 2.41. The van der Waals surface area contributed by atoms with E-state index in [1.54, 1.807) is 6.07 Å². The summed E-state index contributed by atoms with van der Waals surface area (Å²) in [5.41, 5.74) is 1.71. The van der Waals surface area contributed by atoms with Gasteiger partial charge in [0.25, 0.3) is 5.91 Å². The molecule has 3 amide bonds. The maximum Gasteiger partial charge on any atom is 0.255 e. The van der Waals surface area contributed by atoms with Crippen LogP contribution >= 0.6 is 0 Å². The summed E-state index contributed by atoms with van der Waals surface area (Å²) in [6, 6.07) is 3.11. The monoisotopic (exact) mass is 414 g/mol. The molecule has 1 N–H and O–H groups in total. The molecule has 2 bridgehead atoms. The van der Waals surface area contributed by atoms with E-state index in [1.807, 2.05) is 0 Å².